The summed E-state index contributed by atoms with van der Waals surface area (Å²) in [5, 5.41) is 16.2. The maximum Gasteiger partial charge on any atom is 0.253 e. The first kappa shape index (κ1) is 28.7. The van der Waals surface area contributed by atoms with Gasteiger partial charge in [-0.25, -0.2) is 0 Å². The van der Waals surface area contributed by atoms with Crippen molar-refractivity contribution in [3.05, 3.63) is 35.4 Å². The smallest absolute Gasteiger partial charge is 0.253 e. The number of aromatic hydroxyl groups is 1. The van der Waals surface area contributed by atoms with E-state index in [4.69, 9.17) is 0 Å². The van der Waals surface area contributed by atoms with Crippen molar-refractivity contribution in [1.29, 1.82) is 0 Å². The minimum Gasteiger partial charge on any atom is -0.508 e. The summed E-state index contributed by atoms with van der Waals surface area (Å²) in [5.74, 6) is 0.310. The van der Waals surface area contributed by atoms with Crippen molar-refractivity contribution >= 4 is 40.4 Å². The van der Waals surface area contributed by atoms with E-state index in [-0.39, 0.29) is 29.6 Å². The second kappa shape index (κ2) is 12.8. The summed E-state index contributed by atoms with van der Waals surface area (Å²) in [5.41, 5.74) is 3.34. The van der Waals surface area contributed by atoms with Crippen LogP contribution < -0.4 is 5.32 Å². The standard InChI is InChI=1S/C30H41N5O4S/c1-3-22-23-8-9-25(36)24(28(23)32-30(22)40-2)19-34-16-14-33(15-17-34)13-12-31-29(39)21-6-4-20(5-7-21)18-35-26(37)10-11-27(35)38/h8-11,20-21,32,36H,3-7,12-19H2,1-2H3,(H,31,39). The maximum absolute atomic E-state index is 12.8. The molecule has 0 atom stereocenters. The van der Waals surface area contributed by atoms with E-state index in [1.807, 2.05) is 12.1 Å². The molecule has 1 aliphatic carbocycles. The molecule has 3 N–H and O–H groups in total. The molecule has 2 fully saturated rings. The van der Waals surface area contributed by atoms with Gasteiger partial charge in [-0.2, -0.15) is 0 Å². The number of nitrogens with one attached hydrogen (secondary N) is 2. The molecule has 1 aromatic carbocycles. The highest BCUT2D eigenvalue weighted by Gasteiger charge is 2.31. The lowest BCUT2D eigenvalue weighted by Crippen LogP contribution is -2.48. The molecule has 1 aromatic heterocycles. The lowest BCUT2D eigenvalue weighted by Gasteiger charge is -2.35. The summed E-state index contributed by atoms with van der Waals surface area (Å²) in [6.45, 7) is 8.52. The van der Waals surface area contributed by atoms with Crippen LogP contribution in [0.3, 0.4) is 0 Å². The minimum atomic E-state index is -0.225. The SMILES string of the molecule is CCc1c(SC)[nH]c2c(CN3CCN(CCNC(=O)C4CCC(CN5C(=O)C=CC5=O)CC4)CC3)c(O)ccc12. The fourth-order valence-corrected chi connectivity index (χ4v) is 7.09. The van der Waals surface area contributed by atoms with Gasteiger partial charge in [-0.3, -0.25) is 29.1 Å². The van der Waals surface area contributed by atoms with Crippen molar-refractivity contribution in [3.8, 4) is 5.75 Å². The summed E-state index contributed by atoms with van der Waals surface area (Å²) in [6.07, 6.45) is 9.03. The zero-order valence-corrected chi connectivity index (χ0v) is 24.4. The second-order valence-electron chi connectivity index (χ2n) is 11.2. The van der Waals surface area contributed by atoms with Crippen LogP contribution in [0, 0.1) is 11.8 Å². The molecule has 3 heterocycles. The normalized spacial score (nSPS) is 22.5. The number of carbonyl (C=O) groups is 3. The van der Waals surface area contributed by atoms with E-state index in [0.29, 0.717) is 25.4 Å². The van der Waals surface area contributed by atoms with Gasteiger partial charge in [0.2, 0.25) is 5.91 Å². The van der Waals surface area contributed by atoms with Crippen molar-refractivity contribution < 1.29 is 19.5 Å². The van der Waals surface area contributed by atoms with Gasteiger partial charge < -0.3 is 15.4 Å². The summed E-state index contributed by atoms with van der Waals surface area (Å²) < 4.78 is 0. The van der Waals surface area contributed by atoms with Crippen molar-refractivity contribution in [2.24, 2.45) is 11.8 Å². The molecule has 9 nitrogen and oxygen atoms in total. The molecule has 10 heteroatoms. The van der Waals surface area contributed by atoms with E-state index in [0.717, 1.165) is 75.9 Å². The molecule has 3 aliphatic rings. The molecular formula is C30H41N5O4S. The van der Waals surface area contributed by atoms with Gasteiger partial charge in [-0.1, -0.05) is 6.92 Å². The van der Waals surface area contributed by atoms with Gasteiger partial charge >= 0.3 is 0 Å². The number of carbonyl (C=O) groups excluding carboxylic acids is 3. The van der Waals surface area contributed by atoms with Gasteiger partial charge in [0.05, 0.1) is 10.5 Å². The number of H-pyrrole nitrogens is 1. The first-order valence-corrected chi connectivity index (χ1v) is 15.8. The number of thioether (sulfide) groups is 1. The summed E-state index contributed by atoms with van der Waals surface area (Å²) in [4.78, 5) is 46.0. The number of hydrogen-bond donors (Lipinski definition) is 3. The topological polar surface area (TPSA) is 109 Å². The molecule has 40 heavy (non-hydrogen) atoms. The molecular weight excluding hydrogens is 526 g/mol. The van der Waals surface area contributed by atoms with Crippen LogP contribution in [-0.2, 0) is 27.3 Å². The van der Waals surface area contributed by atoms with Crippen LogP contribution in [-0.4, -0.2) is 94.6 Å². The number of aromatic amines is 1. The fraction of sp³-hybridized carbons (Fsp3) is 0.567. The van der Waals surface area contributed by atoms with E-state index in [1.54, 1.807) is 11.8 Å². The minimum absolute atomic E-state index is 0.0134. The number of rotatable bonds is 10. The highest BCUT2D eigenvalue weighted by Crippen LogP contribution is 2.35. The number of phenolic OH excluding ortho intramolecular Hbond substituents is 1. The number of imide groups is 1. The quantitative estimate of drug-likeness (QED) is 0.299. The fourth-order valence-electron chi connectivity index (χ4n) is 6.38. The average molecular weight is 568 g/mol. The third-order valence-corrected chi connectivity index (χ3v) is 9.57. The highest BCUT2D eigenvalue weighted by molar-refractivity contribution is 7.98. The number of aromatic nitrogens is 1. The zero-order valence-electron chi connectivity index (χ0n) is 23.6. The molecule has 0 bridgehead atoms. The van der Waals surface area contributed by atoms with E-state index in [2.05, 4.69) is 33.3 Å². The van der Waals surface area contributed by atoms with Crippen LogP contribution in [0.5, 0.6) is 5.75 Å². The Hall–Kier alpha value is -2.82. The molecule has 1 saturated heterocycles. The third kappa shape index (κ3) is 6.24. The summed E-state index contributed by atoms with van der Waals surface area (Å²) in [7, 11) is 0. The van der Waals surface area contributed by atoms with Crippen molar-refractivity contribution in [3.63, 3.8) is 0 Å². The lowest BCUT2D eigenvalue weighted by molar-refractivity contribution is -0.138. The van der Waals surface area contributed by atoms with Gasteiger partial charge in [-0.15, -0.1) is 11.8 Å². The molecule has 2 aliphatic heterocycles. The van der Waals surface area contributed by atoms with Gasteiger partial charge in [0.1, 0.15) is 5.75 Å². The van der Waals surface area contributed by atoms with Gasteiger partial charge in [0.25, 0.3) is 11.8 Å². The number of piperazine rings is 1. The molecule has 2 aromatic rings. The van der Waals surface area contributed by atoms with Crippen LogP contribution in [0.2, 0.25) is 0 Å². The lowest BCUT2D eigenvalue weighted by atomic mass is 9.81. The van der Waals surface area contributed by atoms with E-state index < -0.39 is 0 Å². The number of nitrogens with zero attached hydrogens (tertiary/aromatic N) is 3. The number of hydrogen-bond acceptors (Lipinski definition) is 7. The second-order valence-corrected chi connectivity index (χ2v) is 12.0. The first-order valence-electron chi connectivity index (χ1n) is 14.5. The van der Waals surface area contributed by atoms with Gasteiger partial charge in [-0.05, 0) is 62.0 Å². The number of phenols is 1. The van der Waals surface area contributed by atoms with Gasteiger partial charge in [0.15, 0.2) is 0 Å². The molecule has 3 amide bonds. The molecule has 0 unspecified atom stereocenters. The molecule has 5 rings (SSSR count). The average Bonchev–Trinajstić information content (AvgIpc) is 3.50. The molecule has 0 spiro atoms. The summed E-state index contributed by atoms with van der Waals surface area (Å²) in [6, 6.07) is 3.85. The monoisotopic (exact) mass is 567 g/mol. The van der Waals surface area contributed by atoms with E-state index in [1.165, 1.54) is 33.0 Å². The Kier molecular flexibility index (Phi) is 9.17. The molecule has 0 radical (unpaired) electrons. The Morgan fingerprint density at radius 3 is 2.35 bits per heavy atom. The van der Waals surface area contributed by atoms with E-state index >= 15 is 0 Å². The first-order chi connectivity index (χ1) is 19.4. The molecule has 216 valence electrons. The van der Waals surface area contributed by atoms with Crippen LogP contribution in [0.15, 0.2) is 29.3 Å². The Morgan fingerprint density at radius 2 is 1.70 bits per heavy atom. The zero-order chi connectivity index (χ0) is 28.2. The number of amides is 3. The van der Waals surface area contributed by atoms with Crippen molar-refractivity contribution in [1.82, 2.24) is 25.0 Å². The Morgan fingerprint density at radius 1 is 1.02 bits per heavy atom. The maximum atomic E-state index is 12.8. The van der Waals surface area contributed by atoms with Gasteiger partial charge in [0, 0.05) is 81.4 Å². The Bertz CT molecular complexity index is 1260. The van der Waals surface area contributed by atoms with Crippen molar-refractivity contribution in [2.45, 2.75) is 50.6 Å². The predicted molar refractivity (Wildman–Crippen MR) is 157 cm³/mol. The Labute approximate surface area is 240 Å². The largest absolute Gasteiger partial charge is 0.508 e. The highest BCUT2D eigenvalue weighted by atomic mass is 32.2. The Balaban J connectivity index is 1.03. The third-order valence-electron chi connectivity index (χ3n) is 8.82. The number of aryl methyl sites for hydroxylation is 1. The van der Waals surface area contributed by atoms with Crippen LogP contribution in [0.25, 0.3) is 10.9 Å². The number of fused-ring (bicyclic) bond motifs is 1. The van der Waals surface area contributed by atoms with Crippen LogP contribution >= 0.6 is 11.8 Å². The van der Waals surface area contributed by atoms with Crippen LogP contribution in [0.4, 0.5) is 0 Å². The van der Waals surface area contributed by atoms with E-state index in [9.17, 15) is 19.5 Å². The van der Waals surface area contributed by atoms with Crippen LogP contribution in [0.1, 0.15) is 43.7 Å². The predicted octanol–water partition coefficient (Wildman–Crippen LogP) is 3.12. The summed E-state index contributed by atoms with van der Waals surface area (Å²) >= 11 is 1.72. The van der Waals surface area contributed by atoms with Crippen molar-refractivity contribution in [2.75, 3.05) is 52.1 Å². The molecule has 1 saturated carbocycles. The number of benzene rings is 1.